The molecule has 7 heteroatoms. The maximum absolute atomic E-state index is 7.56. The number of hydrogen-bond acceptors (Lipinski definition) is 1. The second kappa shape index (κ2) is 6.03. The molecule has 7 heavy (non-hydrogen) atoms. The van der Waals surface area contributed by atoms with Crippen molar-refractivity contribution >= 4 is 18.5 Å². The zero-order chi connectivity index (χ0) is 4.50. The standard InChI is InChI=1S/2Mo.H3O3PS/c;;1-4(2,3)5/h;;(H3,1,2,3,5). The molecule has 0 aliphatic rings. The minimum Gasteiger partial charge on any atom is -0.325 e. The molecule has 0 rings (SSSR count). The van der Waals surface area contributed by atoms with Gasteiger partial charge in [-0.1, -0.05) is 0 Å². The summed E-state index contributed by atoms with van der Waals surface area (Å²) in [6, 6.07) is 0. The first-order valence-corrected chi connectivity index (χ1v) is 3.44. The molecule has 0 saturated carbocycles. The molecule has 0 atom stereocenters. The van der Waals surface area contributed by atoms with Crippen molar-refractivity contribution < 1.29 is 56.8 Å². The first-order chi connectivity index (χ1) is 2.00. The van der Waals surface area contributed by atoms with E-state index in [1.165, 1.54) is 0 Å². The van der Waals surface area contributed by atoms with Gasteiger partial charge in [0.25, 0.3) is 0 Å². The molecule has 0 fully saturated rings. The van der Waals surface area contributed by atoms with Gasteiger partial charge in [0.05, 0.1) is 0 Å². The van der Waals surface area contributed by atoms with Crippen LogP contribution in [0.4, 0.5) is 0 Å². The molecule has 0 aromatic rings. The van der Waals surface area contributed by atoms with Gasteiger partial charge in [0, 0.05) is 42.1 Å². The van der Waals surface area contributed by atoms with E-state index in [2.05, 4.69) is 11.8 Å². The van der Waals surface area contributed by atoms with Crippen LogP contribution >= 0.6 is 6.72 Å². The number of hydrogen-bond donors (Lipinski definition) is 3. The van der Waals surface area contributed by atoms with Crippen molar-refractivity contribution in [3.05, 3.63) is 0 Å². The third kappa shape index (κ3) is 75.9. The van der Waals surface area contributed by atoms with Crippen LogP contribution in [0, 0.1) is 0 Å². The van der Waals surface area contributed by atoms with Crippen molar-refractivity contribution in [1.82, 2.24) is 0 Å². The van der Waals surface area contributed by atoms with E-state index < -0.39 is 6.72 Å². The summed E-state index contributed by atoms with van der Waals surface area (Å²) >= 11 is 3.60. The Bertz CT molecular complexity index is 59.1. The second-order valence-electron chi connectivity index (χ2n) is 0.513. The van der Waals surface area contributed by atoms with Gasteiger partial charge in [0.2, 0.25) is 0 Å². The Balaban J connectivity index is -0.0000000800. The first kappa shape index (κ1) is 16.0. The van der Waals surface area contributed by atoms with Crippen LogP contribution in [-0.2, 0) is 53.9 Å². The van der Waals surface area contributed by atoms with Gasteiger partial charge < -0.3 is 14.7 Å². The van der Waals surface area contributed by atoms with E-state index in [9.17, 15) is 0 Å². The molecule has 0 saturated heterocycles. The van der Waals surface area contributed by atoms with Crippen LogP contribution < -0.4 is 0 Å². The topological polar surface area (TPSA) is 60.7 Å². The van der Waals surface area contributed by atoms with E-state index >= 15 is 0 Å². The molecule has 0 unspecified atom stereocenters. The van der Waals surface area contributed by atoms with Crippen LogP contribution in [0.5, 0.6) is 0 Å². The van der Waals surface area contributed by atoms with Gasteiger partial charge in [-0.25, -0.2) is 0 Å². The predicted octanol–water partition coefficient (Wildman–Crippen LogP) is -0.817. The van der Waals surface area contributed by atoms with Gasteiger partial charge in [0.1, 0.15) is 0 Å². The van der Waals surface area contributed by atoms with E-state index in [0.29, 0.717) is 0 Å². The van der Waals surface area contributed by atoms with Crippen molar-refractivity contribution in [3.63, 3.8) is 0 Å². The molecule has 0 aliphatic carbocycles. The smallest absolute Gasteiger partial charge is 0.319 e. The van der Waals surface area contributed by atoms with Gasteiger partial charge >= 0.3 is 6.72 Å². The summed E-state index contributed by atoms with van der Waals surface area (Å²) in [7, 11) is 0. The Hall–Kier alpha value is 1.91. The molecule has 0 bridgehead atoms. The summed E-state index contributed by atoms with van der Waals surface area (Å²) in [6.45, 7) is -3.81. The van der Waals surface area contributed by atoms with Crippen molar-refractivity contribution in [1.29, 1.82) is 0 Å². The molecule has 3 N–H and O–H groups in total. The largest absolute Gasteiger partial charge is 0.325 e. The van der Waals surface area contributed by atoms with Crippen LogP contribution in [0.2, 0.25) is 0 Å². The SMILES string of the molecule is OP(O)(O)=S.[Mo].[Mo]. The Morgan fingerprint density at radius 1 is 1.00 bits per heavy atom. The zero-order valence-corrected chi connectivity index (χ0v) is 8.74. The fourth-order valence-electron chi connectivity index (χ4n) is 0. The third-order valence-corrected chi connectivity index (χ3v) is 0. The molecule has 0 aliphatic heterocycles. The van der Waals surface area contributed by atoms with Gasteiger partial charge in [-0.15, -0.1) is 0 Å². The monoisotopic (exact) mass is 310 g/mol. The molecule has 44 valence electrons. The zero-order valence-electron chi connectivity index (χ0n) is 3.01. The van der Waals surface area contributed by atoms with Crippen LogP contribution in [0.25, 0.3) is 0 Å². The summed E-state index contributed by atoms with van der Waals surface area (Å²) in [6.07, 6.45) is 0. The minimum atomic E-state index is -3.81. The average Bonchev–Trinajstić information content (AvgIpc) is 0.722. The van der Waals surface area contributed by atoms with Crippen LogP contribution in [0.15, 0.2) is 0 Å². The molecular weight excluding hydrogens is 303 g/mol. The molecule has 0 spiro atoms. The van der Waals surface area contributed by atoms with Gasteiger partial charge in [-0.3, -0.25) is 0 Å². The van der Waals surface area contributed by atoms with Crippen LogP contribution in [-0.4, -0.2) is 14.7 Å². The predicted molar refractivity (Wildman–Crippen MR) is 20.9 cm³/mol. The Morgan fingerprint density at radius 3 is 1.00 bits per heavy atom. The second-order valence-corrected chi connectivity index (χ2v) is 3.01. The van der Waals surface area contributed by atoms with Crippen LogP contribution in [0.1, 0.15) is 0 Å². The Kier molecular flexibility index (Phi) is 13.8. The summed E-state index contributed by atoms with van der Waals surface area (Å²) in [5, 5.41) is 0. The maximum atomic E-state index is 7.56. The van der Waals surface area contributed by atoms with E-state index in [0.717, 1.165) is 0 Å². The van der Waals surface area contributed by atoms with Crippen molar-refractivity contribution in [2.24, 2.45) is 0 Å². The van der Waals surface area contributed by atoms with Crippen molar-refractivity contribution in [2.45, 2.75) is 0 Å². The van der Waals surface area contributed by atoms with E-state index in [4.69, 9.17) is 14.7 Å². The summed E-state index contributed by atoms with van der Waals surface area (Å²) < 4.78 is 0. The average molecular weight is 306 g/mol. The van der Waals surface area contributed by atoms with E-state index in [1.807, 2.05) is 0 Å². The Labute approximate surface area is 74.9 Å². The molecule has 0 amide bonds. The first-order valence-electron chi connectivity index (χ1n) is 0.783. The quantitative estimate of drug-likeness (QED) is 0.404. The summed E-state index contributed by atoms with van der Waals surface area (Å²) in [5.41, 5.74) is 0. The van der Waals surface area contributed by atoms with E-state index in [1.54, 1.807) is 0 Å². The normalized spacial score (nSPS) is 8.43. The molecule has 0 radical (unpaired) electrons. The van der Waals surface area contributed by atoms with Crippen molar-refractivity contribution in [3.8, 4) is 0 Å². The maximum Gasteiger partial charge on any atom is 0.319 e. The summed E-state index contributed by atoms with van der Waals surface area (Å²) in [5.74, 6) is 0. The molecule has 0 heterocycles. The fraction of sp³-hybridized carbons (Fsp3) is 0. The van der Waals surface area contributed by atoms with Gasteiger partial charge in [-0.2, -0.15) is 0 Å². The van der Waals surface area contributed by atoms with Gasteiger partial charge in [0.15, 0.2) is 0 Å². The minimum absolute atomic E-state index is 0. The van der Waals surface area contributed by atoms with Gasteiger partial charge in [-0.05, 0) is 11.8 Å². The van der Waals surface area contributed by atoms with E-state index in [-0.39, 0.29) is 42.1 Å². The van der Waals surface area contributed by atoms with Crippen molar-refractivity contribution in [2.75, 3.05) is 0 Å². The number of rotatable bonds is 0. The Morgan fingerprint density at radius 2 is 1.00 bits per heavy atom. The van der Waals surface area contributed by atoms with Crippen LogP contribution in [0.3, 0.4) is 0 Å². The molecule has 0 aromatic heterocycles. The summed E-state index contributed by atoms with van der Waals surface area (Å²) in [4.78, 5) is 22.7. The molecular formula is H3Mo2O3PS. The third-order valence-electron chi connectivity index (χ3n) is 0. The molecule has 3 nitrogen and oxygen atoms in total. The fourth-order valence-corrected chi connectivity index (χ4v) is 0. The molecule has 0 aromatic carbocycles.